The second kappa shape index (κ2) is 6.67. The molecule has 22 heavy (non-hydrogen) atoms. The second-order valence-electron chi connectivity index (χ2n) is 5.78. The van der Waals surface area contributed by atoms with Crippen molar-refractivity contribution < 1.29 is 4.39 Å². The normalized spacial score (nSPS) is 19.0. The van der Waals surface area contributed by atoms with Crippen molar-refractivity contribution in [2.75, 3.05) is 13.1 Å². The molecule has 1 atom stereocenters. The molecule has 0 amide bonds. The van der Waals surface area contributed by atoms with E-state index in [1.165, 1.54) is 18.6 Å². The molecule has 1 aromatic carbocycles. The summed E-state index contributed by atoms with van der Waals surface area (Å²) in [5, 5.41) is 17.0. The monoisotopic (exact) mass is 299 g/mol. The minimum absolute atomic E-state index is 0.358. The molecule has 2 heterocycles. The number of hydrogen-bond donors (Lipinski definition) is 0. The van der Waals surface area contributed by atoms with Gasteiger partial charge in [0.15, 0.2) is 0 Å². The Kier molecular flexibility index (Phi) is 4.45. The van der Waals surface area contributed by atoms with Crippen molar-refractivity contribution in [1.29, 1.82) is 5.26 Å². The molecule has 0 aliphatic carbocycles. The van der Waals surface area contributed by atoms with Gasteiger partial charge in [-0.3, -0.25) is 9.58 Å². The highest BCUT2D eigenvalue weighted by Gasteiger charge is 2.21. The van der Waals surface area contributed by atoms with Crippen molar-refractivity contribution >= 4 is 0 Å². The summed E-state index contributed by atoms with van der Waals surface area (Å²) >= 11 is 0. The van der Waals surface area contributed by atoms with Gasteiger partial charge in [-0.25, -0.2) is 4.39 Å². The van der Waals surface area contributed by atoms with Crippen LogP contribution in [-0.4, -0.2) is 33.0 Å². The van der Waals surface area contributed by atoms with E-state index in [0.29, 0.717) is 18.0 Å². The van der Waals surface area contributed by atoms with Crippen LogP contribution < -0.4 is 0 Å². The molecule has 2 aromatic rings. The Morgan fingerprint density at radius 2 is 2.32 bits per heavy atom. The average Bonchev–Trinajstić information content (AvgIpc) is 3.02. The van der Waals surface area contributed by atoms with Gasteiger partial charge >= 0.3 is 0 Å². The molecule has 1 unspecified atom stereocenters. The van der Waals surface area contributed by atoms with Gasteiger partial charge in [0.1, 0.15) is 5.82 Å². The lowest BCUT2D eigenvalue weighted by Gasteiger charge is -2.32. The molecule has 1 aliphatic rings. The van der Waals surface area contributed by atoms with Crippen LogP contribution >= 0.6 is 0 Å². The molecule has 0 spiro atoms. The molecule has 1 fully saturated rings. The van der Waals surface area contributed by atoms with E-state index in [2.05, 4.69) is 21.3 Å². The van der Waals surface area contributed by atoms with Crippen LogP contribution in [0.15, 0.2) is 30.6 Å². The van der Waals surface area contributed by atoms with Crippen LogP contribution in [0.1, 0.15) is 24.0 Å². The summed E-state index contributed by atoms with van der Waals surface area (Å²) in [6.07, 6.45) is 5.87. The summed E-state index contributed by atoms with van der Waals surface area (Å²) in [5.74, 6) is 0.171. The van der Waals surface area contributed by atoms with Gasteiger partial charge < -0.3 is 0 Å². The molecular weight excluding hydrogens is 281 g/mol. The minimum atomic E-state index is -0.358. The SMILES string of the molecule is N#Cc1cc(F)ccc1CN1CCCC(Cn2ccnn2)C1. The van der Waals surface area contributed by atoms with Crippen LogP contribution in [0.4, 0.5) is 4.39 Å². The van der Waals surface area contributed by atoms with Crippen LogP contribution in [0.25, 0.3) is 0 Å². The molecule has 1 aromatic heterocycles. The summed E-state index contributed by atoms with van der Waals surface area (Å²) in [5.41, 5.74) is 1.32. The van der Waals surface area contributed by atoms with Crippen molar-refractivity contribution in [3.8, 4) is 6.07 Å². The van der Waals surface area contributed by atoms with Crippen molar-refractivity contribution in [3.63, 3.8) is 0 Å². The van der Waals surface area contributed by atoms with E-state index in [0.717, 1.165) is 31.6 Å². The van der Waals surface area contributed by atoms with Crippen LogP contribution in [0.2, 0.25) is 0 Å². The number of rotatable bonds is 4. The number of likely N-dealkylation sites (tertiary alicyclic amines) is 1. The van der Waals surface area contributed by atoms with Crippen LogP contribution in [0.3, 0.4) is 0 Å². The number of benzene rings is 1. The fourth-order valence-electron chi connectivity index (χ4n) is 3.07. The standard InChI is InChI=1S/C16H18FN5/c17-16-4-3-14(15(8-16)9-18)12-21-6-1-2-13(10-21)11-22-7-5-19-20-22/h3-5,7-8,13H,1-2,6,10-12H2. The maximum Gasteiger partial charge on any atom is 0.124 e. The van der Waals surface area contributed by atoms with E-state index in [9.17, 15) is 4.39 Å². The van der Waals surface area contributed by atoms with Crippen molar-refractivity contribution in [2.45, 2.75) is 25.9 Å². The third kappa shape index (κ3) is 3.49. The Bertz CT molecular complexity index is 662. The summed E-state index contributed by atoms with van der Waals surface area (Å²) < 4.78 is 15.1. The van der Waals surface area contributed by atoms with Gasteiger partial charge in [0.25, 0.3) is 0 Å². The highest BCUT2D eigenvalue weighted by Crippen LogP contribution is 2.21. The van der Waals surface area contributed by atoms with Crippen LogP contribution in [-0.2, 0) is 13.1 Å². The highest BCUT2D eigenvalue weighted by molar-refractivity contribution is 5.37. The Balaban J connectivity index is 1.64. The number of nitrogens with zero attached hydrogens (tertiary/aromatic N) is 5. The molecule has 1 aliphatic heterocycles. The van der Waals surface area contributed by atoms with Gasteiger partial charge in [0, 0.05) is 25.8 Å². The maximum atomic E-state index is 13.2. The van der Waals surface area contributed by atoms with E-state index >= 15 is 0 Å². The summed E-state index contributed by atoms with van der Waals surface area (Å²) in [6, 6.07) is 6.54. The molecule has 6 heteroatoms. The first-order valence-corrected chi connectivity index (χ1v) is 7.49. The predicted molar refractivity (Wildman–Crippen MR) is 79.1 cm³/mol. The van der Waals surface area contributed by atoms with Crippen molar-refractivity contribution in [3.05, 3.63) is 47.5 Å². The zero-order chi connectivity index (χ0) is 15.4. The number of aromatic nitrogens is 3. The number of nitriles is 1. The Morgan fingerprint density at radius 1 is 1.41 bits per heavy atom. The smallest absolute Gasteiger partial charge is 0.124 e. The average molecular weight is 299 g/mol. The summed E-state index contributed by atoms with van der Waals surface area (Å²) in [6.45, 7) is 3.53. The lowest BCUT2D eigenvalue weighted by atomic mass is 9.97. The van der Waals surface area contributed by atoms with Crippen molar-refractivity contribution in [1.82, 2.24) is 19.9 Å². The van der Waals surface area contributed by atoms with E-state index < -0.39 is 0 Å². The van der Waals surface area contributed by atoms with Crippen molar-refractivity contribution in [2.24, 2.45) is 5.92 Å². The van der Waals surface area contributed by atoms with Gasteiger partial charge in [-0.1, -0.05) is 11.3 Å². The summed E-state index contributed by atoms with van der Waals surface area (Å²) in [7, 11) is 0. The van der Waals surface area contributed by atoms with E-state index in [1.54, 1.807) is 12.3 Å². The molecule has 0 saturated carbocycles. The molecule has 3 rings (SSSR count). The molecule has 0 radical (unpaired) electrons. The van der Waals surface area contributed by atoms with Gasteiger partial charge in [-0.15, -0.1) is 5.10 Å². The topological polar surface area (TPSA) is 57.7 Å². The summed E-state index contributed by atoms with van der Waals surface area (Å²) in [4.78, 5) is 2.33. The Labute approximate surface area is 129 Å². The van der Waals surface area contributed by atoms with E-state index in [4.69, 9.17) is 5.26 Å². The quantitative estimate of drug-likeness (QED) is 0.868. The van der Waals surface area contributed by atoms with E-state index in [-0.39, 0.29) is 5.82 Å². The number of halogens is 1. The minimum Gasteiger partial charge on any atom is -0.299 e. The number of hydrogen-bond acceptors (Lipinski definition) is 4. The molecule has 1 saturated heterocycles. The third-order valence-corrected chi connectivity index (χ3v) is 4.11. The van der Waals surface area contributed by atoms with Gasteiger partial charge in [0.05, 0.1) is 17.8 Å². The first kappa shape index (κ1) is 14.7. The largest absolute Gasteiger partial charge is 0.299 e. The fraction of sp³-hybridized carbons (Fsp3) is 0.438. The maximum absolute atomic E-state index is 13.2. The van der Waals surface area contributed by atoms with Crippen LogP contribution in [0.5, 0.6) is 0 Å². The highest BCUT2D eigenvalue weighted by atomic mass is 19.1. The first-order chi connectivity index (χ1) is 10.7. The van der Waals surface area contributed by atoms with Crippen LogP contribution in [0, 0.1) is 23.1 Å². The lowest BCUT2D eigenvalue weighted by molar-refractivity contribution is 0.152. The second-order valence-corrected chi connectivity index (χ2v) is 5.78. The Morgan fingerprint density at radius 3 is 3.09 bits per heavy atom. The molecular formula is C16H18FN5. The third-order valence-electron chi connectivity index (χ3n) is 4.11. The molecule has 114 valence electrons. The van der Waals surface area contributed by atoms with Gasteiger partial charge in [0.2, 0.25) is 0 Å². The number of piperidine rings is 1. The zero-order valence-electron chi connectivity index (χ0n) is 12.3. The lowest BCUT2D eigenvalue weighted by Crippen LogP contribution is -2.36. The fourth-order valence-corrected chi connectivity index (χ4v) is 3.07. The van der Waals surface area contributed by atoms with Gasteiger partial charge in [-0.05, 0) is 43.0 Å². The molecule has 5 nitrogen and oxygen atoms in total. The molecule has 0 N–H and O–H groups in total. The molecule has 0 bridgehead atoms. The first-order valence-electron chi connectivity index (χ1n) is 7.49. The predicted octanol–water partition coefficient (Wildman–Crippen LogP) is 2.20. The van der Waals surface area contributed by atoms with Gasteiger partial charge in [-0.2, -0.15) is 5.26 Å². The Hall–Kier alpha value is -2.26. The van der Waals surface area contributed by atoms with E-state index in [1.807, 2.05) is 10.9 Å². The zero-order valence-corrected chi connectivity index (χ0v) is 12.3.